The molecule has 1 unspecified atom stereocenters. The highest BCUT2D eigenvalue weighted by molar-refractivity contribution is 5.86. The van der Waals surface area contributed by atoms with Crippen LogP contribution in [-0.4, -0.2) is 30.4 Å². The summed E-state index contributed by atoms with van der Waals surface area (Å²) < 4.78 is 43.3. The monoisotopic (exact) mass is 301 g/mol. The largest absolute Gasteiger partial charge is 0.469 e. The molecule has 0 N–H and O–H groups in total. The number of nitrogens with zero attached hydrogens (tertiary/aromatic N) is 1. The molecule has 1 saturated heterocycles. The summed E-state index contributed by atoms with van der Waals surface area (Å²) >= 11 is 0. The van der Waals surface area contributed by atoms with E-state index in [1.807, 2.05) is 0 Å². The summed E-state index contributed by atoms with van der Waals surface area (Å²) in [6.07, 6.45) is -4.50. The van der Waals surface area contributed by atoms with E-state index in [2.05, 4.69) is 4.74 Å². The van der Waals surface area contributed by atoms with E-state index in [1.165, 1.54) is 30.2 Å². The van der Waals surface area contributed by atoms with Crippen molar-refractivity contribution in [1.82, 2.24) is 4.90 Å². The molecule has 0 bridgehead atoms. The number of alkyl halides is 3. The molecule has 0 aliphatic carbocycles. The minimum Gasteiger partial charge on any atom is -0.469 e. The average Bonchev–Trinajstić information content (AvgIpc) is 2.79. The van der Waals surface area contributed by atoms with Crippen molar-refractivity contribution in [3.05, 3.63) is 35.4 Å². The second-order valence-electron chi connectivity index (χ2n) is 4.85. The number of likely N-dealkylation sites (tertiary alicyclic amines) is 1. The Balaban J connectivity index is 2.16. The fourth-order valence-electron chi connectivity index (χ4n) is 2.39. The number of halogens is 3. The quantitative estimate of drug-likeness (QED) is 0.804. The van der Waals surface area contributed by atoms with Gasteiger partial charge in [0.25, 0.3) is 0 Å². The molecule has 4 nitrogen and oxygen atoms in total. The Labute approximate surface area is 119 Å². The highest BCUT2D eigenvalue weighted by Crippen LogP contribution is 2.33. The minimum absolute atomic E-state index is 0.0175. The molecule has 1 amide bonds. The number of amides is 1. The Hall–Kier alpha value is -2.05. The van der Waals surface area contributed by atoms with Crippen LogP contribution in [0.5, 0.6) is 0 Å². The molecule has 114 valence electrons. The molecule has 21 heavy (non-hydrogen) atoms. The van der Waals surface area contributed by atoms with Crippen LogP contribution < -0.4 is 0 Å². The summed E-state index contributed by atoms with van der Waals surface area (Å²) in [5, 5.41) is 0. The van der Waals surface area contributed by atoms with Gasteiger partial charge < -0.3 is 9.64 Å². The van der Waals surface area contributed by atoms with Crippen molar-refractivity contribution in [2.75, 3.05) is 13.7 Å². The molecule has 0 saturated carbocycles. The zero-order chi connectivity index (χ0) is 15.6. The Bertz CT molecular complexity index is 557. The molecule has 1 aliphatic heterocycles. The maximum Gasteiger partial charge on any atom is 0.416 e. The van der Waals surface area contributed by atoms with E-state index in [0.717, 1.165) is 6.07 Å². The molecule has 1 aliphatic rings. The third-order valence-corrected chi connectivity index (χ3v) is 3.43. The summed E-state index contributed by atoms with van der Waals surface area (Å²) in [5.74, 6) is -1.47. The van der Waals surface area contributed by atoms with Gasteiger partial charge in [0, 0.05) is 19.5 Å². The minimum atomic E-state index is -4.47. The zero-order valence-electron chi connectivity index (χ0n) is 11.3. The fraction of sp³-hybridized carbons (Fsp3) is 0.429. The van der Waals surface area contributed by atoms with E-state index in [4.69, 9.17) is 0 Å². The highest BCUT2D eigenvalue weighted by atomic mass is 19.4. The van der Waals surface area contributed by atoms with Crippen molar-refractivity contribution >= 4 is 11.9 Å². The van der Waals surface area contributed by atoms with Crippen molar-refractivity contribution in [3.63, 3.8) is 0 Å². The van der Waals surface area contributed by atoms with Gasteiger partial charge in [-0.2, -0.15) is 13.2 Å². The molecule has 1 atom stereocenters. The average molecular weight is 301 g/mol. The van der Waals surface area contributed by atoms with E-state index in [1.54, 1.807) is 0 Å². The van der Waals surface area contributed by atoms with Gasteiger partial charge in [-0.05, 0) is 11.6 Å². The molecule has 1 heterocycles. The first-order valence-corrected chi connectivity index (χ1v) is 6.33. The van der Waals surface area contributed by atoms with E-state index >= 15 is 0 Å². The molecule has 0 radical (unpaired) electrons. The lowest BCUT2D eigenvalue weighted by Crippen LogP contribution is -2.27. The highest BCUT2D eigenvalue weighted by Gasteiger charge is 2.37. The first-order chi connectivity index (χ1) is 9.82. The Kier molecular flexibility index (Phi) is 4.20. The summed E-state index contributed by atoms with van der Waals surface area (Å²) in [5.41, 5.74) is -0.747. The second-order valence-corrected chi connectivity index (χ2v) is 4.85. The van der Waals surface area contributed by atoms with E-state index < -0.39 is 23.6 Å². The smallest absolute Gasteiger partial charge is 0.416 e. The van der Waals surface area contributed by atoms with Gasteiger partial charge >= 0.3 is 12.1 Å². The number of carbonyl (C=O) groups excluding carboxylic acids is 2. The second kappa shape index (κ2) is 5.75. The predicted octanol–water partition coefficient (Wildman–Crippen LogP) is 2.23. The lowest BCUT2D eigenvalue weighted by Gasteiger charge is -2.19. The van der Waals surface area contributed by atoms with Gasteiger partial charge in [-0.3, -0.25) is 9.59 Å². The Morgan fingerprint density at radius 3 is 2.67 bits per heavy atom. The first-order valence-electron chi connectivity index (χ1n) is 6.33. The summed E-state index contributed by atoms with van der Waals surface area (Å²) in [7, 11) is 1.22. The van der Waals surface area contributed by atoms with Crippen molar-refractivity contribution in [2.45, 2.75) is 19.1 Å². The first kappa shape index (κ1) is 15.3. The number of esters is 1. The Morgan fingerprint density at radius 2 is 2.05 bits per heavy atom. The van der Waals surface area contributed by atoms with Gasteiger partial charge in [0.05, 0.1) is 18.6 Å². The van der Waals surface area contributed by atoms with Crippen LogP contribution in [0.4, 0.5) is 13.2 Å². The van der Waals surface area contributed by atoms with Crippen LogP contribution in [0.25, 0.3) is 0 Å². The predicted molar refractivity (Wildman–Crippen MR) is 67.0 cm³/mol. The third kappa shape index (κ3) is 3.34. The number of rotatable bonds is 3. The number of methoxy groups -OCH3 is 1. The number of ether oxygens (including phenoxy) is 1. The molecule has 2 rings (SSSR count). The van der Waals surface area contributed by atoms with E-state index in [-0.39, 0.29) is 31.0 Å². The molecule has 1 fully saturated rings. The van der Waals surface area contributed by atoms with Crippen LogP contribution in [0.3, 0.4) is 0 Å². The number of hydrogen-bond donors (Lipinski definition) is 0. The molecule has 1 aromatic rings. The van der Waals surface area contributed by atoms with Crippen LogP contribution in [0, 0.1) is 5.92 Å². The van der Waals surface area contributed by atoms with Gasteiger partial charge in [-0.25, -0.2) is 0 Å². The lowest BCUT2D eigenvalue weighted by molar-refractivity contribution is -0.145. The van der Waals surface area contributed by atoms with Crippen LogP contribution in [0.1, 0.15) is 17.5 Å². The van der Waals surface area contributed by atoms with Crippen molar-refractivity contribution in [1.29, 1.82) is 0 Å². The van der Waals surface area contributed by atoms with Gasteiger partial charge in [-0.1, -0.05) is 18.2 Å². The Morgan fingerprint density at radius 1 is 1.38 bits per heavy atom. The maximum absolute atomic E-state index is 12.9. The number of benzene rings is 1. The molecule has 0 spiro atoms. The maximum atomic E-state index is 12.9. The normalized spacial score (nSPS) is 19.0. The van der Waals surface area contributed by atoms with Crippen molar-refractivity contribution in [3.8, 4) is 0 Å². The molecular weight excluding hydrogens is 287 g/mol. The van der Waals surface area contributed by atoms with Crippen molar-refractivity contribution in [2.24, 2.45) is 5.92 Å². The molecule has 0 aromatic heterocycles. The van der Waals surface area contributed by atoms with Gasteiger partial charge in [0.2, 0.25) is 5.91 Å². The fourth-order valence-corrected chi connectivity index (χ4v) is 2.39. The van der Waals surface area contributed by atoms with Gasteiger partial charge in [0.1, 0.15) is 0 Å². The van der Waals surface area contributed by atoms with Crippen LogP contribution in [0.2, 0.25) is 0 Å². The van der Waals surface area contributed by atoms with Gasteiger partial charge in [-0.15, -0.1) is 0 Å². The van der Waals surface area contributed by atoms with Crippen molar-refractivity contribution < 1.29 is 27.5 Å². The van der Waals surface area contributed by atoms with E-state index in [9.17, 15) is 22.8 Å². The topological polar surface area (TPSA) is 46.6 Å². The summed E-state index contributed by atoms with van der Waals surface area (Å²) in [6.45, 7) is -0.0836. The zero-order valence-corrected chi connectivity index (χ0v) is 11.3. The number of carbonyl (C=O) groups is 2. The standard InChI is InChI=1S/C14H14F3NO3/c1-21-13(20)10-6-12(19)18(8-10)7-9-4-2-3-5-11(9)14(15,16)17/h2-5,10H,6-8H2,1H3. The van der Waals surface area contributed by atoms with Crippen LogP contribution in [0.15, 0.2) is 24.3 Å². The number of hydrogen-bond acceptors (Lipinski definition) is 3. The van der Waals surface area contributed by atoms with Gasteiger partial charge in [0.15, 0.2) is 0 Å². The van der Waals surface area contributed by atoms with E-state index in [0.29, 0.717) is 0 Å². The molecule has 1 aromatic carbocycles. The molecule has 7 heteroatoms. The molecular formula is C14H14F3NO3. The summed E-state index contributed by atoms with van der Waals surface area (Å²) in [6, 6.07) is 5.10. The summed E-state index contributed by atoms with van der Waals surface area (Å²) in [4.78, 5) is 24.5. The third-order valence-electron chi connectivity index (χ3n) is 3.43. The lowest BCUT2D eigenvalue weighted by atomic mass is 10.1. The SMILES string of the molecule is COC(=O)C1CC(=O)N(Cc2ccccc2C(F)(F)F)C1. The van der Waals surface area contributed by atoms with Crippen LogP contribution >= 0.6 is 0 Å². The van der Waals surface area contributed by atoms with Crippen LogP contribution in [-0.2, 0) is 27.0 Å².